The van der Waals surface area contributed by atoms with Crippen LogP contribution in [-0.4, -0.2) is 96.7 Å². The van der Waals surface area contributed by atoms with Gasteiger partial charge < -0.3 is 33.8 Å². The highest BCUT2D eigenvalue weighted by Gasteiger charge is 2.30. The monoisotopic (exact) mass is 1420 g/mol. The highest BCUT2D eigenvalue weighted by atomic mass is 31.2. The first-order valence-corrected chi connectivity index (χ1v) is 43.6. The summed E-state index contributed by atoms with van der Waals surface area (Å²) < 4.78 is 68.5. The van der Waals surface area contributed by atoms with E-state index in [1.54, 1.807) is 0 Å². The third kappa shape index (κ3) is 72.2. The van der Waals surface area contributed by atoms with Gasteiger partial charge in [-0.25, -0.2) is 9.13 Å². The number of aliphatic hydroxyl groups is 1. The van der Waals surface area contributed by atoms with Gasteiger partial charge in [0.2, 0.25) is 0 Å². The van der Waals surface area contributed by atoms with Crippen molar-refractivity contribution in [2.75, 3.05) is 39.6 Å². The average Bonchev–Trinajstić information content (AvgIpc) is 1.49. The molecule has 19 heteroatoms. The second-order valence-corrected chi connectivity index (χ2v) is 31.5. The molecule has 0 aromatic heterocycles. The molecule has 0 aromatic rings. The first-order valence-electron chi connectivity index (χ1n) is 40.6. The molecule has 0 saturated carbocycles. The quantitative estimate of drug-likeness (QED) is 0.0222. The van der Waals surface area contributed by atoms with Gasteiger partial charge in [-0.05, 0) is 31.6 Å². The summed E-state index contributed by atoms with van der Waals surface area (Å²) in [5.74, 6) is -1.40. The molecule has 0 fully saturated rings. The number of rotatable bonds is 78. The average molecular weight is 1420 g/mol. The summed E-state index contributed by atoms with van der Waals surface area (Å²) in [6.07, 6.45) is 61.3. The number of phosphoric ester groups is 2. The predicted octanol–water partition coefficient (Wildman–Crippen LogP) is 23.3. The largest absolute Gasteiger partial charge is 0.472 e. The Balaban J connectivity index is 5.18. The Labute approximate surface area is 594 Å². The summed E-state index contributed by atoms with van der Waals surface area (Å²) >= 11 is 0. The van der Waals surface area contributed by atoms with Crippen LogP contribution in [0.25, 0.3) is 0 Å². The summed E-state index contributed by atoms with van der Waals surface area (Å²) in [5.41, 5.74) is 0. The van der Waals surface area contributed by atoms with Gasteiger partial charge in [0.15, 0.2) is 12.2 Å². The molecule has 0 aliphatic heterocycles. The third-order valence-electron chi connectivity index (χ3n) is 18.3. The number of carbonyl (C=O) groups is 4. The molecule has 0 aliphatic carbocycles. The van der Waals surface area contributed by atoms with E-state index in [0.717, 1.165) is 102 Å². The molecule has 0 heterocycles. The zero-order valence-electron chi connectivity index (χ0n) is 63.2. The van der Waals surface area contributed by atoms with Crippen molar-refractivity contribution in [2.24, 2.45) is 5.92 Å². The summed E-state index contributed by atoms with van der Waals surface area (Å²) in [5, 5.41) is 10.6. The second-order valence-electron chi connectivity index (χ2n) is 28.6. The fourth-order valence-electron chi connectivity index (χ4n) is 12.1. The van der Waals surface area contributed by atoms with Crippen molar-refractivity contribution >= 4 is 39.5 Å². The zero-order chi connectivity index (χ0) is 71.2. The fourth-order valence-corrected chi connectivity index (χ4v) is 13.6. The minimum Gasteiger partial charge on any atom is -0.462 e. The van der Waals surface area contributed by atoms with Crippen LogP contribution in [0.1, 0.15) is 413 Å². The summed E-state index contributed by atoms with van der Waals surface area (Å²) in [7, 11) is -9.91. The Morgan fingerprint density at radius 3 is 0.701 bits per heavy atom. The van der Waals surface area contributed by atoms with Gasteiger partial charge in [-0.15, -0.1) is 0 Å². The highest BCUT2D eigenvalue weighted by Crippen LogP contribution is 2.45. The Hall–Kier alpha value is -1.94. The molecule has 0 spiro atoms. The molecular formula is C78H152O17P2. The molecule has 97 heavy (non-hydrogen) atoms. The number of ether oxygens (including phenoxy) is 4. The molecule has 3 N–H and O–H groups in total. The van der Waals surface area contributed by atoms with Crippen LogP contribution in [0.4, 0.5) is 0 Å². The van der Waals surface area contributed by atoms with Crippen molar-refractivity contribution in [2.45, 2.75) is 432 Å². The van der Waals surface area contributed by atoms with E-state index < -0.39 is 97.5 Å². The number of unbranched alkanes of at least 4 members (excludes halogenated alkanes) is 50. The molecular weight excluding hydrogens is 1270 g/mol. The smallest absolute Gasteiger partial charge is 0.462 e. The second kappa shape index (κ2) is 71.1. The van der Waals surface area contributed by atoms with Gasteiger partial charge in [0.1, 0.15) is 19.3 Å². The van der Waals surface area contributed by atoms with Crippen LogP contribution in [0.15, 0.2) is 0 Å². The Morgan fingerprint density at radius 2 is 0.474 bits per heavy atom. The first kappa shape index (κ1) is 95.1. The van der Waals surface area contributed by atoms with Gasteiger partial charge in [0, 0.05) is 25.7 Å². The van der Waals surface area contributed by atoms with Crippen molar-refractivity contribution in [1.82, 2.24) is 0 Å². The van der Waals surface area contributed by atoms with Gasteiger partial charge in [-0.1, -0.05) is 362 Å². The normalized spacial score (nSPS) is 13.9. The number of aliphatic hydroxyl groups excluding tert-OH is 1. The van der Waals surface area contributed by atoms with Crippen LogP contribution >= 0.6 is 15.6 Å². The lowest BCUT2D eigenvalue weighted by Crippen LogP contribution is -2.30. The minimum absolute atomic E-state index is 0.105. The Morgan fingerprint density at radius 1 is 0.278 bits per heavy atom. The topological polar surface area (TPSA) is 237 Å². The van der Waals surface area contributed by atoms with Crippen molar-refractivity contribution in [3.05, 3.63) is 0 Å². The summed E-state index contributed by atoms with van der Waals surface area (Å²) in [6, 6.07) is 0. The van der Waals surface area contributed by atoms with E-state index in [1.807, 2.05) is 0 Å². The van der Waals surface area contributed by atoms with Crippen molar-refractivity contribution in [3.8, 4) is 0 Å². The lowest BCUT2D eigenvalue weighted by molar-refractivity contribution is -0.161. The van der Waals surface area contributed by atoms with Crippen LogP contribution in [0.2, 0.25) is 0 Å². The molecule has 17 nitrogen and oxygen atoms in total. The summed E-state index contributed by atoms with van der Waals surface area (Å²) in [4.78, 5) is 72.8. The van der Waals surface area contributed by atoms with Crippen molar-refractivity contribution in [3.63, 3.8) is 0 Å². The van der Waals surface area contributed by atoms with Crippen molar-refractivity contribution < 1.29 is 80.2 Å². The van der Waals surface area contributed by atoms with E-state index in [2.05, 4.69) is 34.6 Å². The maximum Gasteiger partial charge on any atom is 0.472 e. The number of carbonyl (C=O) groups excluding carboxylic acids is 4. The van der Waals surface area contributed by atoms with Gasteiger partial charge in [0.05, 0.1) is 26.4 Å². The molecule has 5 atom stereocenters. The van der Waals surface area contributed by atoms with Crippen LogP contribution in [0.5, 0.6) is 0 Å². The van der Waals surface area contributed by atoms with Gasteiger partial charge in [-0.3, -0.25) is 37.3 Å². The SMILES string of the molecule is CCCCCCCCCCCCCCCCCCCCCCC(=O)O[C@H](COC(=O)CCCCCCCCCCCCCCCCCCCC)COP(=O)(O)OC[C@@H](O)COP(=O)(O)OC[C@@H](COC(=O)CCCCCCCCCC)OC(=O)CCCCCCCCCCC(C)C. The van der Waals surface area contributed by atoms with Crippen LogP contribution in [0, 0.1) is 5.92 Å². The molecule has 0 amide bonds. The van der Waals surface area contributed by atoms with E-state index in [-0.39, 0.29) is 25.7 Å². The van der Waals surface area contributed by atoms with E-state index in [0.29, 0.717) is 25.7 Å². The highest BCUT2D eigenvalue weighted by molar-refractivity contribution is 7.47. The van der Waals surface area contributed by atoms with Crippen molar-refractivity contribution in [1.29, 1.82) is 0 Å². The number of hydrogen-bond acceptors (Lipinski definition) is 15. The van der Waals surface area contributed by atoms with E-state index in [1.165, 1.54) is 231 Å². The molecule has 0 aromatic carbocycles. The van der Waals surface area contributed by atoms with Gasteiger partial charge in [-0.2, -0.15) is 0 Å². The maximum absolute atomic E-state index is 13.1. The van der Waals surface area contributed by atoms with E-state index in [9.17, 15) is 43.2 Å². The number of hydrogen-bond donors (Lipinski definition) is 3. The predicted molar refractivity (Wildman–Crippen MR) is 395 cm³/mol. The van der Waals surface area contributed by atoms with Crippen LogP contribution in [-0.2, 0) is 65.4 Å². The molecule has 0 bridgehead atoms. The van der Waals surface area contributed by atoms with Crippen LogP contribution in [0.3, 0.4) is 0 Å². The first-order chi connectivity index (χ1) is 47.0. The Kier molecular flexibility index (Phi) is 69.6. The fraction of sp³-hybridized carbons (Fsp3) is 0.949. The molecule has 0 radical (unpaired) electrons. The standard InChI is InChI=1S/C78H152O17P2/c1-6-9-12-15-18-21-23-25-27-29-31-32-34-36-38-40-42-48-53-58-63-77(82)94-74(68-89-76(81)62-57-52-47-41-39-37-35-33-30-28-26-24-22-19-16-13-10-7-2)70-93-97(86,87)91-66-72(79)65-90-96(84,85)92-69-73(67-88-75(80)61-56-51-46-20-17-14-11-8-3)95-78(83)64-59-54-49-44-43-45-50-55-60-71(4)5/h71-74,79H,6-70H2,1-5H3,(H,84,85)(H,86,87)/t72-,73+,74+/m0/s1. The molecule has 576 valence electrons. The lowest BCUT2D eigenvalue weighted by atomic mass is 10.0. The van der Waals surface area contributed by atoms with E-state index >= 15 is 0 Å². The zero-order valence-corrected chi connectivity index (χ0v) is 65.0. The Bertz CT molecular complexity index is 1860. The molecule has 0 aliphatic rings. The van der Waals surface area contributed by atoms with Crippen LogP contribution < -0.4 is 0 Å². The summed E-state index contributed by atoms with van der Waals surface area (Å²) in [6.45, 7) is 7.23. The maximum atomic E-state index is 13.1. The molecule has 0 saturated heterocycles. The molecule has 2 unspecified atom stereocenters. The van der Waals surface area contributed by atoms with Gasteiger partial charge >= 0.3 is 39.5 Å². The number of esters is 4. The lowest BCUT2D eigenvalue weighted by Gasteiger charge is -2.21. The minimum atomic E-state index is -4.96. The van der Waals surface area contributed by atoms with E-state index in [4.69, 9.17) is 37.0 Å². The van der Waals surface area contributed by atoms with Gasteiger partial charge in [0.25, 0.3) is 0 Å². The third-order valence-corrected chi connectivity index (χ3v) is 20.2. The molecule has 0 rings (SSSR count). The number of phosphoric acid groups is 2.